The minimum Gasteiger partial charge on any atom is -0.495 e. The summed E-state index contributed by atoms with van der Waals surface area (Å²) in [5.41, 5.74) is 7.42. The molecular weight excluding hydrogens is 256 g/mol. The fourth-order valence-corrected chi connectivity index (χ4v) is 1.76. The van der Waals surface area contributed by atoms with Crippen LogP contribution in [-0.2, 0) is 0 Å². The van der Waals surface area contributed by atoms with Crippen molar-refractivity contribution >= 4 is 23.1 Å². The number of benzene rings is 1. The number of hydrogen-bond acceptors (Lipinski definition) is 4. The number of carbonyl (C=O) groups excluding carboxylic acids is 1. The number of amides is 2. The average molecular weight is 272 g/mol. The van der Waals surface area contributed by atoms with Crippen molar-refractivity contribution in [2.75, 3.05) is 30.1 Å². The number of anilines is 3. The Kier molecular flexibility index (Phi) is 4.05. The molecule has 0 unspecified atom stereocenters. The van der Waals surface area contributed by atoms with E-state index in [1.165, 1.54) is 11.1 Å². The van der Waals surface area contributed by atoms with Crippen LogP contribution in [0.3, 0.4) is 0 Å². The SMILES string of the molecule is COc1ccccc1NC(=O)N(C)c1ccncc1N. The van der Waals surface area contributed by atoms with Crippen molar-refractivity contribution < 1.29 is 9.53 Å². The molecule has 0 saturated heterocycles. The summed E-state index contributed by atoms with van der Waals surface area (Å²) < 4.78 is 5.19. The molecule has 0 spiro atoms. The van der Waals surface area contributed by atoms with Crippen LogP contribution in [0.25, 0.3) is 0 Å². The van der Waals surface area contributed by atoms with Crippen LogP contribution in [0.5, 0.6) is 5.75 Å². The number of nitrogen functional groups attached to an aromatic ring is 1. The van der Waals surface area contributed by atoms with Gasteiger partial charge in [-0.25, -0.2) is 4.79 Å². The second kappa shape index (κ2) is 5.92. The molecule has 0 aliphatic rings. The molecule has 1 heterocycles. The highest BCUT2D eigenvalue weighted by Crippen LogP contribution is 2.25. The maximum absolute atomic E-state index is 12.2. The number of para-hydroxylation sites is 2. The number of nitrogens with two attached hydrogens (primary N) is 1. The van der Waals surface area contributed by atoms with E-state index in [1.807, 2.05) is 12.1 Å². The van der Waals surface area contributed by atoms with Gasteiger partial charge in [-0.05, 0) is 18.2 Å². The highest BCUT2D eigenvalue weighted by molar-refractivity contribution is 6.03. The Bertz CT molecular complexity index is 616. The van der Waals surface area contributed by atoms with Crippen molar-refractivity contribution in [2.45, 2.75) is 0 Å². The van der Waals surface area contributed by atoms with E-state index in [0.717, 1.165) is 0 Å². The van der Waals surface area contributed by atoms with Crippen molar-refractivity contribution in [3.8, 4) is 5.75 Å². The molecule has 104 valence electrons. The van der Waals surface area contributed by atoms with Crippen molar-refractivity contribution in [3.05, 3.63) is 42.7 Å². The zero-order chi connectivity index (χ0) is 14.5. The summed E-state index contributed by atoms with van der Waals surface area (Å²) in [7, 11) is 3.19. The minimum atomic E-state index is -0.313. The van der Waals surface area contributed by atoms with Gasteiger partial charge < -0.3 is 15.8 Å². The van der Waals surface area contributed by atoms with Gasteiger partial charge in [0.05, 0.1) is 30.4 Å². The van der Waals surface area contributed by atoms with Gasteiger partial charge in [0.1, 0.15) is 5.75 Å². The largest absolute Gasteiger partial charge is 0.495 e. The Labute approximate surface area is 117 Å². The normalized spacial score (nSPS) is 9.90. The van der Waals surface area contributed by atoms with Gasteiger partial charge in [-0.1, -0.05) is 12.1 Å². The van der Waals surface area contributed by atoms with Crippen LogP contribution in [0.4, 0.5) is 21.9 Å². The summed E-state index contributed by atoms with van der Waals surface area (Å²) in [6, 6.07) is 8.55. The van der Waals surface area contributed by atoms with Crippen molar-refractivity contribution in [2.24, 2.45) is 0 Å². The lowest BCUT2D eigenvalue weighted by Gasteiger charge is -2.20. The highest BCUT2D eigenvalue weighted by Gasteiger charge is 2.14. The Hall–Kier alpha value is -2.76. The Morgan fingerprint density at radius 1 is 1.35 bits per heavy atom. The quantitative estimate of drug-likeness (QED) is 0.898. The summed E-state index contributed by atoms with van der Waals surface area (Å²) in [5.74, 6) is 0.594. The van der Waals surface area contributed by atoms with Gasteiger partial charge in [-0.2, -0.15) is 0 Å². The Morgan fingerprint density at radius 3 is 2.80 bits per heavy atom. The van der Waals surface area contributed by atoms with Gasteiger partial charge in [0, 0.05) is 13.2 Å². The first-order chi connectivity index (χ1) is 9.63. The lowest BCUT2D eigenvalue weighted by atomic mass is 10.3. The summed E-state index contributed by atoms with van der Waals surface area (Å²) in [5, 5.41) is 2.77. The van der Waals surface area contributed by atoms with Gasteiger partial charge in [0.25, 0.3) is 0 Å². The standard InChI is InChI=1S/C14H16N4O2/c1-18(12-7-8-16-9-10(12)15)14(19)17-11-5-3-4-6-13(11)20-2/h3-9H,15H2,1-2H3,(H,17,19). The Morgan fingerprint density at radius 2 is 2.10 bits per heavy atom. The molecule has 0 radical (unpaired) electrons. The molecule has 0 aliphatic heterocycles. The molecule has 0 atom stereocenters. The second-order valence-electron chi connectivity index (χ2n) is 4.12. The first-order valence-corrected chi connectivity index (χ1v) is 6.00. The average Bonchev–Trinajstić information content (AvgIpc) is 2.47. The molecule has 6 heteroatoms. The number of ether oxygens (including phenoxy) is 1. The van der Waals surface area contributed by atoms with E-state index in [1.54, 1.807) is 38.6 Å². The van der Waals surface area contributed by atoms with E-state index in [4.69, 9.17) is 10.5 Å². The lowest BCUT2D eigenvalue weighted by Crippen LogP contribution is -2.31. The number of nitrogens with zero attached hydrogens (tertiary/aromatic N) is 2. The number of urea groups is 1. The lowest BCUT2D eigenvalue weighted by molar-refractivity contribution is 0.258. The molecular formula is C14H16N4O2. The predicted molar refractivity (Wildman–Crippen MR) is 79.1 cm³/mol. The summed E-state index contributed by atoms with van der Waals surface area (Å²) >= 11 is 0. The first-order valence-electron chi connectivity index (χ1n) is 6.00. The van der Waals surface area contributed by atoms with Gasteiger partial charge in [0.15, 0.2) is 0 Å². The van der Waals surface area contributed by atoms with Gasteiger partial charge in [0.2, 0.25) is 0 Å². The van der Waals surface area contributed by atoms with E-state index in [-0.39, 0.29) is 6.03 Å². The molecule has 0 fully saturated rings. The zero-order valence-electron chi connectivity index (χ0n) is 11.3. The maximum Gasteiger partial charge on any atom is 0.326 e. The van der Waals surface area contributed by atoms with E-state index in [0.29, 0.717) is 22.8 Å². The van der Waals surface area contributed by atoms with Crippen LogP contribution < -0.4 is 20.7 Å². The molecule has 0 bridgehead atoms. The highest BCUT2D eigenvalue weighted by atomic mass is 16.5. The molecule has 2 amide bonds. The minimum absolute atomic E-state index is 0.313. The van der Waals surface area contributed by atoms with Gasteiger partial charge in [-0.3, -0.25) is 9.88 Å². The van der Waals surface area contributed by atoms with Crippen LogP contribution in [-0.4, -0.2) is 25.2 Å². The molecule has 20 heavy (non-hydrogen) atoms. The fraction of sp³-hybridized carbons (Fsp3) is 0.143. The molecule has 2 aromatic rings. The van der Waals surface area contributed by atoms with E-state index < -0.39 is 0 Å². The topological polar surface area (TPSA) is 80.5 Å². The van der Waals surface area contributed by atoms with E-state index in [9.17, 15) is 4.79 Å². The number of methoxy groups -OCH3 is 1. The molecule has 6 nitrogen and oxygen atoms in total. The van der Waals surface area contributed by atoms with Crippen LogP contribution in [0.1, 0.15) is 0 Å². The van der Waals surface area contributed by atoms with Crippen molar-refractivity contribution in [1.29, 1.82) is 0 Å². The second-order valence-corrected chi connectivity index (χ2v) is 4.12. The third kappa shape index (κ3) is 2.80. The molecule has 1 aromatic heterocycles. The van der Waals surface area contributed by atoms with Crippen LogP contribution in [0.2, 0.25) is 0 Å². The Balaban J connectivity index is 2.18. The predicted octanol–water partition coefficient (Wildman–Crippen LogP) is 2.34. The maximum atomic E-state index is 12.2. The smallest absolute Gasteiger partial charge is 0.326 e. The number of carbonyl (C=O) groups is 1. The molecule has 2 rings (SSSR count). The summed E-state index contributed by atoms with van der Waals surface area (Å²) in [6.07, 6.45) is 3.08. The molecule has 0 saturated carbocycles. The van der Waals surface area contributed by atoms with Crippen molar-refractivity contribution in [1.82, 2.24) is 4.98 Å². The molecule has 0 aliphatic carbocycles. The van der Waals surface area contributed by atoms with Crippen LogP contribution in [0, 0.1) is 0 Å². The summed E-state index contributed by atoms with van der Waals surface area (Å²) in [6.45, 7) is 0. The number of aromatic nitrogens is 1. The number of nitrogens with one attached hydrogen (secondary N) is 1. The van der Waals surface area contributed by atoms with Gasteiger partial charge >= 0.3 is 6.03 Å². The fourth-order valence-electron chi connectivity index (χ4n) is 1.76. The summed E-state index contributed by atoms with van der Waals surface area (Å²) in [4.78, 5) is 17.5. The molecule has 1 aromatic carbocycles. The zero-order valence-corrected chi connectivity index (χ0v) is 11.3. The number of hydrogen-bond donors (Lipinski definition) is 2. The van der Waals surface area contributed by atoms with Gasteiger partial charge in [-0.15, -0.1) is 0 Å². The van der Waals surface area contributed by atoms with Crippen LogP contribution >= 0.6 is 0 Å². The number of rotatable bonds is 3. The molecule has 3 N–H and O–H groups in total. The van der Waals surface area contributed by atoms with E-state index in [2.05, 4.69) is 10.3 Å². The van der Waals surface area contributed by atoms with Crippen LogP contribution in [0.15, 0.2) is 42.7 Å². The monoisotopic (exact) mass is 272 g/mol. The number of pyridine rings is 1. The van der Waals surface area contributed by atoms with Crippen molar-refractivity contribution in [3.63, 3.8) is 0 Å². The van der Waals surface area contributed by atoms with E-state index >= 15 is 0 Å². The third-order valence-electron chi connectivity index (χ3n) is 2.84. The third-order valence-corrected chi connectivity index (χ3v) is 2.84. The first kappa shape index (κ1) is 13.7.